The summed E-state index contributed by atoms with van der Waals surface area (Å²) < 4.78 is 29.7. The van der Waals surface area contributed by atoms with E-state index in [1.54, 1.807) is 0 Å². The van der Waals surface area contributed by atoms with Crippen molar-refractivity contribution >= 4 is 21.9 Å². The number of nitrogens with one attached hydrogen (secondary N) is 2. The van der Waals surface area contributed by atoms with Gasteiger partial charge >= 0.3 is 16.2 Å². The van der Waals surface area contributed by atoms with Crippen LogP contribution in [-0.2, 0) is 35.9 Å². The van der Waals surface area contributed by atoms with Gasteiger partial charge < -0.3 is 10.2 Å². The van der Waals surface area contributed by atoms with E-state index in [0.29, 0.717) is 0 Å². The number of carbonyl (C=O) groups is 1. The molecule has 0 radical (unpaired) electrons. The predicted octanol–water partition coefficient (Wildman–Crippen LogP) is 1.81. The molecule has 1 aromatic carbocycles. The van der Waals surface area contributed by atoms with Crippen LogP contribution >= 0.6 is 0 Å². The average molecular weight is 405 g/mol. The van der Waals surface area contributed by atoms with Crippen LogP contribution in [0.1, 0.15) is 47.9 Å². The van der Waals surface area contributed by atoms with Crippen LogP contribution in [0.4, 0.5) is 10.5 Å². The van der Waals surface area contributed by atoms with E-state index in [4.69, 9.17) is 0 Å². The molecule has 152 valence electrons. The van der Waals surface area contributed by atoms with Crippen molar-refractivity contribution in [2.75, 3.05) is 25.5 Å². The van der Waals surface area contributed by atoms with Crippen LogP contribution in [0, 0.1) is 0 Å². The first-order chi connectivity index (χ1) is 13.4. The first kappa shape index (κ1) is 18.4. The lowest BCUT2D eigenvalue weighted by molar-refractivity contribution is 0.153. The summed E-state index contributed by atoms with van der Waals surface area (Å²) in [6, 6.07) is 1.58. The number of amides is 2. The molecule has 0 spiro atoms. The summed E-state index contributed by atoms with van der Waals surface area (Å²) in [5, 5.41) is 2.93. The Hall–Kier alpha value is -1.64. The van der Waals surface area contributed by atoms with Crippen LogP contribution in [0.5, 0.6) is 0 Å². The van der Waals surface area contributed by atoms with Crippen molar-refractivity contribution < 1.29 is 13.2 Å². The lowest BCUT2D eigenvalue weighted by Gasteiger charge is -2.38. The Bertz CT molecular complexity index is 884. The number of hydrogen-bond acceptors (Lipinski definition) is 4. The molecule has 2 fully saturated rings. The maximum absolute atomic E-state index is 13.0. The van der Waals surface area contributed by atoms with Crippen molar-refractivity contribution in [2.24, 2.45) is 0 Å². The van der Waals surface area contributed by atoms with E-state index in [1.165, 1.54) is 26.6 Å². The summed E-state index contributed by atoms with van der Waals surface area (Å²) >= 11 is 0. The van der Waals surface area contributed by atoms with E-state index in [9.17, 15) is 13.2 Å². The standard InChI is InChI=1S/C20H28N4O3S/c1-23-11-15-8-9-16(12-23)24(15)28(26,27)22-20(25)21-19-17-6-2-4-13(17)10-14-5-3-7-18(14)19/h10,15-16H,2-9,11-12H2,1H3,(H2,21,22,25). The van der Waals surface area contributed by atoms with E-state index in [1.807, 2.05) is 7.05 Å². The van der Waals surface area contributed by atoms with Crippen LogP contribution in [0.25, 0.3) is 0 Å². The topological polar surface area (TPSA) is 81.8 Å². The van der Waals surface area contributed by atoms with Crippen molar-refractivity contribution in [3.05, 3.63) is 28.3 Å². The summed E-state index contributed by atoms with van der Waals surface area (Å²) in [6.45, 7) is 1.44. The van der Waals surface area contributed by atoms with Gasteiger partial charge in [0.15, 0.2) is 0 Å². The summed E-state index contributed by atoms with van der Waals surface area (Å²) in [5.74, 6) is 0. The monoisotopic (exact) mass is 404 g/mol. The van der Waals surface area contributed by atoms with Crippen LogP contribution in [0.15, 0.2) is 6.07 Å². The number of urea groups is 1. The van der Waals surface area contributed by atoms with Gasteiger partial charge in [0.1, 0.15) is 0 Å². The Morgan fingerprint density at radius 2 is 1.57 bits per heavy atom. The normalized spacial score (nSPS) is 26.9. The number of hydrogen-bond donors (Lipinski definition) is 2. The third kappa shape index (κ3) is 3.02. The number of fused-ring (bicyclic) bond motifs is 4. The molecule has 4 aliphatic rings. The molecule has 2 bridgehead atoms. The Balaban J connectivity index is 1.36. The van der Waals surface area contributed by atoms with Gasteiger partial charge in [-0.25, -0.2) is 9.52 Å². The third-order valence-corrected chi connectivity index (χ3v) is 8.40. The van der Waals surface area contributed by atoms with E-state index in [2.05, 4.69) is 21.0 Å². The van der Waals surface area contributed by atoms with E-state index in [-0.39, 0.29) is 12.1 Å². The van der Waals surface area contributed by atoms with Crippen LogP contribution < -0.4 is 10.0 Å². The number of likely N-dealkylation sites (tertiary alicyclic amines) is 1. The lowest BCUT2D eigenvalue weighted by atomic mass is 9.99. The van der Waals surface area contributed by atoms with Gasteiger partial charge in [0.2, 0.25) is 0 Å². The van der Waals surface area contributed by atoms with Gasteiger partial charge in [-0.1, -0.05) is 6.07 Å². The Labute approximate surface area is 166 Å². The highest BCUT2D eigenvalue weighted by Crippen LogP contribution is 2.38. The minimum absolute atomic E-state index is 0.0423. The molecule has 5 rings (SSSR count). The largest absolute Gasteiger partial charge is 0.333 e. The number of rotatable bonds is 3. The summed E-state index contributed by atoms with van der Waals surface area (Å²) in [7, 11) is -1.83. The third-order valence-electron chi connectivity index (χ3n) is 6.81. The second-order valence-electron chi connectivity index (χ2n) is 8.73. The minimum Gasteiger partial charge on any atom is -0.307 e. The Morgan fingerprint density at radius 1 is 1.00 bits per heavy atom. The molecule has 2 amide bonds. The van der Waals surface area contributed by atoms with Gasteiger partial charge in [0, 0.05) is 30.9 Å². The fourth-order valence-electron chi connectivity index (χ4n) is 5.74. The van der Waals surface area contributed by atoms with E-state index < -0.39 is 16.2 Å². The molecule has 2 heterocycles. The molecule has 2 aliphatic carbocycles. The van der Waals surface area contributed by atoms with E-state index >= 15 is 0 Å². The number of carbonyl (C=O) groups excluding carboxylic acids is 1. The van der Waals surface area contributed by atoms with Crippen LogP contribution in [0.2, 0.25) is 0 Å². The molecule has 28 heavy (non-hydrogen) atoms. The molecule has 8 heteroatoms. The summed E-state index contributed by atoms with van der Waals surface area (Å²) in [4.78, 5) is 14.9. The molecular weight excluding hydrogens is 376 g/mol. The van der Waals surface area contributed by atoms with Gasteiger partial charge in [-0.15, -0.1) is 0 Å². The Morgan fingerprint density at radius 3 is 2.14 bits per heavy atom. The maximum atomic E-state index is 13.0. The molecule has 0 aromatic heterocycles. The second-order valence-corrected chi connectivity index (χ2v) is 10.3. The lowest BCUT2D eigenvalue weighted by Crippen LogP contribution is -2.58. The number of nitrogens with zero attached hydrogens (tertiary/aromatic N) is 2. The van der Waals surface area contributed by atoms with Crippen molar-refractivity contribution in [1.82, 2.24) is 13.9 Å². The molecule has 2 atom stereocenters. The molecular formula is C20H28N4O3S. The Kier molecular flexibility index (Phi) is 4.41. The molecule has 2 aliphatic heterocycles. The average Bonchev–Trinajstić information content (AvgIpc) is 3.32. The smallest absolute Gasteiger partial charge is 0.307 e. The van der Waals surface area contributed by atoms with E-state index in [0.717, 1.165) is 70.1 Å². The number of piperazine rings is 1. The van der Waals surface area contributed by atoms with Crippen molar-refractivity contribution in [3.8, 4) is 0 Å². The second kappa shape index (κ2) is 6.71. The van der Waals surface area contributed by atoms with Gasteiger partial charge in [-0.2, -0.15) is 12.7 Å². The molecule has 0 saturated carbocycles. The highest BCUT2D eigenvalue weighted by atomic mass is 32.2. The van der Waals surface area contributed by atoms with Crippen LogP contribution in [0.3, 0.4) is 0 Å². The minimum atomic E-state index is -3.85. The SMILES string of the molecule is CN1CC2CCC(C1)N2S(=O)(=O)NC(=O)Nc1c2c(cc3c1CCC3)CCC2. The number of aryl methyl sites for hydroxylation is 2. The molecule has 7 nitrogen and oxygen atoms in total. The van der Waals surface area contributed by atoms with Gasteiger partial charge in [0.05, 0.1) is 0 Å². The number of likely N-dealkylation sites (N-methyl/N-ethyl adjacent to an activating group) is 1. The van der Waals surface area contributed by atoms with Crippen LogP contribution in [-0.4, -0.2) is 55.9 Å². The van der Waals surface area contributed by atoms with Crippen molar-refractivity contribution in [2.45, 2.75) is 63.5 Å². The molecule has 2 saturated heterocycles. The fourth-order valence-corrected chi connectivity index (χ4v) is 7.26. The van der Waals surface area contributed by atoms with Gasteiger partial charge in [-0.05, 0) is 80.7 Å². The molecule has 1 aromatic rings. The molecule has 2 unspecified atom stereocenters. The summed E-state index contributed by atoms with van der Waals surface area (Å²) in [6.07, 6.45) is 7.90. The maximum Gasteiger partial charge on any atom is 0.333 e. The van der Waals surface area contributed by atoms with Gasteiger partial charge in [0.25, 0.3) is 0 Å². The quantitative estimate of drug-likeness (QED) is 0.805. The number of anilines is 1. The fraction of sp³-hybridized carbons (Fsp3) is 0.650. The number of benzene rings is 1. The van der Waals surface area contributed by atoms with Crippen molar-refractivity contribution in [1.29, 1.82) is 0 Å². The molecule has 2 N–H and O–H groups in total. The zero-order chi connectivity index (χ0) is 19.5. The first-order valence-electron chi connectivity index (χ1n) is 10.4. The first-order valence-corrected chi connectivity index (χ1v) is 11.8. The highest BCUT2D eigenvalue weighted by molar-refractivity contribution is 7.87. The summed E-state index contributed by atoms with van der Waals surface area (Å²) in [5.41, 5.74) is 5.91. The van der Waals surface area contributed by atoms with Gasteiger partial charge in [-0.3, -0.25) is 0 Å². The zero-order valence-corrected chi connectivity index (χ0v) is 17.1. The predicted molar refractivity (Wildman–Crippen MR) is 108 cm³/mol. The highest BCUT2D eigenvalue weighted by Gasteiger charge is 2.46. The zero-order valence-electron chi connectivity index (χ0n) is 16.3. The van der Waals surface area contributed by atoms with Crippen molar-refractivity contribution in [3.63, 3.8) is 0 Å².